The molecule has 3 atom stereocenters. The Hall–Kier alpha value is 0.674. The molecule has 0 saturated heterocycles. The van der Waals surface area contributed by atoms with E-state index in [1.807, 2.05) is 64.2 Å². The molecule has 0 bridgehead atoms. The first-order chi connectivity index (χ1) is 9.73. The molecule has 0 aromatic heterocycles. The largest absolute Gasteiger partial charge is 0.392 e. The van der Waals surface area contributed by atoms with Crippen molar-refractivity contribution in [3.05, 3.63) is 71.1 Å². The summed E-state index contributed by atoms with van der Waals surface area (Å²) in [7, 11) is 0. The van der Waals surface area contributed by atoms with Gasteiger partial charge in [-0.1, -0.05) is 12.8 Å². The Labute approximate surface area is 147 Å². The Morgan fingerprint density at radius 3 is 1.57 bits per heavy atom. The fourth-order valence-corrected chi connectivity index (χ4v) is 3.31. The van der Waals surface area contributed by atoms with E-state index in [2.05, 4.69) is 6.92 Å². The predicted molar refractivity (Wildman–Crippen MR) is 83.4 cm³/mol. The van der Waals surface area contributed by atoms with Crippen molar-refractivity contribution in [2.24, 2.45) is 11.8 Å². The van der Waals surface area contributed by atoms with E-state index < -0.39 is 0 Å². The monoisotopic (exact) mass is 317 g/mol. The molecule has 21 heavy (non-hydrogen) atoms. The molecule has 0 unspecified atom stereocenters. The third-order valence-corrected chi connectivity index (χ3v) is 4.52. The second kappa shape index (κ2) is 10.4. The zero-order valence-electron chi connectivity index (χ0n) is 12.6. The zero-order valence-corrected chi connectivity index (χ0v) is 14.2. The summed E-state index contributed by atoms with van der Waals surface area (Å²) in [4.78, 5) is 0. The van der Waals surface area contributed by atoms with E-state index in [-0.39, 0.29) is 27.3 Å². The van der Waals surface area contributed by atoms with Gasteiger partial charge in [0.2, 0.25) is 0 Å². The molecule has 0 heterocycles. The first-order valence-corrected chi connectivity index (χ1v) is 7.62. The molecular weight excluding hydrogens is 292 g/mol. The Morgan fingerprint density at radius 1 is 0.762 bits per heavy atom. The quantitative estimate of drug-likeness (QED) is 0.532. The van der Waals surface area contributed by atoms with Gasteiger partial charge in [0.1, 0.15) is 0 Å². The molecule has 0 spiro atoms. The smallest absolute Gasteiger partial charge is 0.0433 e. The van der Waals surface area contributed by atoms with Crippen LogP contribution in [0.25, 0.3) is 0 Å². The van der Waals surface area contributed by atoms with Gasteiger partial charge in [-0.05, 0) is 89.4 Å². The molecule has 10 radical (unpaired) electrons. The first-order valence-electron chi connectivity index (χ1n) is 7.62. The van der Waals surface area contributed by atoms with Crippen molar-refractivity contribution in [3.63, 3.8) is 0 Å². The van der Waals surface area contributed by atoms with Crippen LogP contribution in [0.3, 0.4) is 0 Å². The molecule has 4 fully saturated rings. The van der Waals surface area contributed by atoms with Gasteiger partial charge in [-0.2, -0.15) is 0 Å². The van der Waals surface area contributed by atoms with Crippen LogP contribution in [-0.2, 0) is 21.7 Å². The van der Waals surface area contributed by atoms with E-state index in [4.69, 9.17) is 0 Å². The second-order valence-corrected chi connectivity index (χ2v) is 5.78. The molecule has 0 aromatic rings. The fraction of sp³-hybridized carbons (Fsp3) is 0.421. The number of rotatable bonds is 0. The summed E-state index contributed by atoms with van der Waals surface area (Å²) in [5, 5.41) is 10.0. The van der Waals surface area contributed by atoms with Gasteiger partial charge in [-0.15, -0.1) is 5.92 Å². The minimum Gasteiger partial charge on any atom is -0.392 e. The van der Waals surface area contributed by atoms with Crippen molar-refractivity contribution in [1.82, 2.24) is 0 Å². The van der Waals surface area contributed by atoms with Crippen LogP contribution in [0, 0.1) is 83.0 Å². The van der Waals surface area contributed by atoms with E-state index in [1.165, 1.54) is 19.3 Å². The maximum atomic E-state index is 10.0. The number of hydrogen-bond acceptors (Lipinski definition) is 1. The zero-order chi connectivity index (χ0) is 14.3. The Bertz CT molecular complexity index is 235. The molecule has 4 aliphatic rings. The summed E-state index contributed by atoms with van der Waals surface area (Å²) in [5.74, 6) is 0.912. The normalized spacial score (nSPS) is 36.9. The summed E-state index contributed by atoms with van der Waals surface area (Å²) in [5.41, 5.74) is -0.347. The van der Waals surface area contributed by atoms with Gasteiger partial charge >= 0.3 is 0 Å². The van der Waals surface area contributed by atoms with Gasteiger partial charge in [-0.3, -0.25) is 0 Å². The van der Waals surface area contributed by atoms with Crippen molar-refractivity contribution in [2.45, 2.75) is 37.7 Å². The standard InChI is InChI=1S/C9H15O.2C5H5.Ti/c1-7-4-5-8-3-2-6-9(7,8)10;2*1-2-4-5-3-1;/h7-8,10H,1-6H2;2*1-5H;/q-1;;;/t7-,8-,9-;;;/m0.../s1. The van der Waals surface area contributed by atoms with Crippen molar-refractivity contribution in [2.75, 3.05) is 0 Å². The molecule has 0 aliphatic heterocycles. The van der Waals surface area contributed by atoms with Crippen LogP contribution in [0.2, 0.25) is 0 Å². The summed E-state index contributed by atoms with van der Waals surface area (Å²) in [6.45, 7) is 4.00. The summed E-state index contributed by atoms with van der Waals surface area (Å²) < 4.78 is 0. The van der Waals surface area contributed by atoms with Crippen LogP contribution in [0.15, 0.2) is 0 Å². The summed E-state index contributed by atoms with van der Waals surface area (Å²) in [6.07, 6.45) is 25.8. The van der Waals surface area contributed by atoms with E-state index in [0.717, 1.165) is 12.8 Å². The van der Waals surface area contributed by atoms with Crippen LogP contribution < -0.4 is 0 Å². The number of aliphatic hydroxyl groups is 1. The van der Waals surface area contributed by atoms with Crippen molar-refractivity contribution >= 4 is 0 Å². The third-order valence-electron chi connectivity index (χ3n) is 4.52. The van der Waals surface area contributed by atoms with Crippen LogP contribution in [-0.4, -0.2) is 10.7 Å². The third kappa shape index (κ3) is 6.00. The summed E-state index contributed by atoms with van der Waals surface area (Å²) >= 11 is 0. The average Bonchev–Trinajstić information content (AvgIpc) is 3.19. The van der Waals surface area contributed by atoms with E-state index in [0.29, 0.717) is 11.8 Å². The van der Waals surface area contributed by atoms with E-state index >= 15 is 0 Å². The van der Waals surface area contributed by atoms with Crippen LogP contribution >= 0.6 is 0 Å². The Morgan fingerprint density at radius 2 is 1.19 bits per heavy atom. The van der Waals surface area contributed by atoms with Crippen molar-refractivity contribution < 1.29 is 26.8 Å². The second-order valence-electron chi connectivity index (χ2n) is 5.78. The van der Waals surface area contributed by atoms with Gasteiger partial charge < -0.3 is 12.0 Å². The maximum absolute atomic E-state index is 10.0. The molecule has 0 aromatic carbocycles. The maximum Gasteiger partial charge on any atom is 0.0433 e. The van der Waals surface area contributed by atoms with Crippen LogP contribution in [0.1, 0.15) is 32.1 Å². The topological polar surface area (TPSA) is 20.2 Å². The molecule has 1 nitrogen and oxygen atoms in total. The molecule has 4 aliphatic carbocycles. The minimum atomic E-state index is -0.347. The Kier molecular flexibility index (Phi) is 9.81. The predicted octanol–water partition coefficient (Wildman–Crippen LogP) is 3.80. The van der Waals surface area contributed by atoms with E-state index in [1.54, 1.807) is 0 Å². The Balaban J connectivity index is 0.000000171. The van der Waals surface area contributed by atoms with Gasteiger partial charge in [0.15, 0.2) is 0 Å². The number of hydrogen-bond donors (Lipinski definition) is 1. The van der Waals surface area contributed by atoms with Crippen LogP contribution in [0.4, 0.5) is 0 Å². The first kappa shape index (κ1) is 19.7. The van der Waals surface area contributed by atoms with Gasteiger partial charge in [0.05, 0.1) is 0 Å². The number of fused-ring (bicyclic) bond motifs is 1. The van der Waals surface area contributed by atoms with E-state index in [9.17, 15) is 5.11 Å². The molecule has 112 valence electrons. The average molecular weight is 317 g/mol. The SMILES string of the molecule is [CH2-][C@H]1CC[C@@H]2CCC[C@@]21O.[CH]1[CH][CH][CH][CH]1.[CH]1[CH][CH][CH][CH]1.[Ti]. The molecule has 1 N–H and O–H groups in total. The molecule has 4 saturated carbocycles. The van der Waals surface area contributed by atoms with Crippen molar-refractivity contribution in [1.29, 1.82) is 0 Å². The molecule has 2 heteroatoms. The fourth-order valence-electron chi connectivity index (χ4n) is 3.31. The van der Waals surface area contributed by atoms with Crippen molar-refractivity contribution in [3.8, 4) is 0 Å². The van der Waals surface area contributed by atoms with Gasteiger partial charge in [0, 0.05) is 27.3 Å². The van der Waals surface area contributed by atoms with Crippen LogP contribution in [0.5, 0.6) is 0 Å². The molecule has 0 amide bonds. The minimum absolute atomic E-state index is 0. The molecular formula is C19H25OTi-. The van der Waals surface area contributed by atoms with Gasteiger partial charge in [-0.25, -0.2) is 0 Å². The van der Waals surface area contributed by atoms with Gasteiger partial charge in [0.25, 0.3) is 0 Å². The summed E-state index contributed by atoms with van der Waals surface area (Å²) in [6, 6.07) is 0. The molecule has 4 rings (SSSR count).